The number of benzene rings is 3. The second-order valence-electron chi connectivity index (χ2n) is 9.37. The van der Waals surface area contributed by atoms with Gasteiger partial charge in [-0.25, -0.2) is 17.6 Å². The molecule has 1 aliphatic carbocycles. The molecule has 0 N–H and O–H groups in total. The van der Waals surface area contributed by atoms with Crippen LogP contribution in [0.5, 0.6) is 0 Å². The molecule has 1 nitrogen and oxygen atoms in total. The maximum absolute atomic E-state index is 15.7. The SMILES string of the molecule is FCCCN1CC(=Cc2ccc(C3=C(c4ccc(F)cc4F)CCCc4ccccc43)c(F)c2F)C1. The van der Waals surface area contributed by atoms with Crippen molar-refractivity contribution in [2.24, 2.45) is 0 Å². The third kappa shape index (κ3) is 4.74. The minimum atomic E-state index is -0.996. The highest BCUT2D eigenvalue weighted by Gasteiger charge is 2.26. The number of fused-ring (bicyclic) bond motifs is 1. The van der Waals surface area contributed by atoms with Crippen LogP contribution in [-0.2, 0) is 6.42 Å². The fraction of sp³-hybridized carbons (Fsp3) is 0.267. The molecule has 36 heavy (non-hydrogen) atoms. The molecule has 2 aliphatic rings. The van der Waals surface area contributed by atoms with Crippen molar-refractivity contribution >= 4 is 17.2 Å². The number of rotatable bonds is 6. The van der Waals surface area contributed by atoms with E-state index >= 15 is 8.78 Å². The second kappa shape index (κ2) is 10.4. The van der Waals surface area contributed by atoms with Crippen molar-refractivity contribution in [3.8, 4) is 0 Å². The standard InChI is InChI=1S/C30H26F5N/c31-13-4-14-36-17-19(18-36)15-21-9-11-26(30(35)29(21)34)28-23-7-2-1-5-20(23)6-3-8-25(28)24-12-10-22(32)16-27(24)33/h1-2,5,7,9-12,15-16H,3-4,6,8,13-14,17-18H2. The topological polar surface area (TPSA) is 3.24 Å². The summed E-state index contributed by atoms with van der Waals surface area (Å²) < 4.78 is 72.0. The lowest BCUT2D eigenvalue weighted by Gasteiger charge is -2.33. The van der Waals surface area contributed by atoms with Crippen LogP contribution in [0, 0.1) is 23.3 Å². The molecule has 5 rings (SSSR count). The predicted octanol–water partition coefficient (Wildman–Crippen LogP) is 7.60. The largest absolute Gasteiger partial charge is 0.295 e. The van der Waals surface area contributed by atoms with Crippen molar-refractivity contribution in [3.05, 3.63) is 111 Å². The van der Waals surface area contributed by atoms with E-state index in [0.717, 1.165) is 22.8 Å². The van der Waals surface area contributed by atoms with Crippen molar-refractivity contribution < 1.29 is 22.0 Å². The summed E-state index contributed by atoms with van der Waals surface area (Å²) in [5, 5.41) is 0. The van der Waals surface area contributed by atoms with Gasteiger partial charge in [0.05, 0.1) is 6.67 Å². The first kappa shape index (κ1) is 24.4. The van der Waals surface area contributed by atoms with Crippen LogP contribution in [0.1, 0.15) is 47.1 Å². The minimum absolute atomic E-state index is 0.0564. The zero-order valence-corrected chi connectivity index (χ0v) is 19.8. The van der Waals surface area contributed by atoms with E-state index in [2.05, 4.69) is 0 Å². The summed E-state index contributed by atoms with van der Waals surface area (Å²) in [6, 6.07) is 13.9. The normalized spacial score (nSPS) is 16.0. The molecule has 6 heteroatoms. The molecule has 0 bridgehead atoms. The zero-order valence-electron chi connectivity index (χ0n) is 19.8. The van der Waals surface area contributed by atoms with Gasteiger partial charge in [-0.2, -0.15) is 0 Å². The van der Waals surface area contributed by atoms with Crippen LogP contribution in [0.3, 0.4) is 0 Å². The first-order valence-electron chi connectivity index (χ1n) is 12.2. The van der Waals surface area contributed by atoms with Gasteiger partial charge in [-0.1, -0.05) is 42.5 Å². The molecule has 0 aromatic heterocycles. The third-order valence-corrected chi connectivity index (χ3v) is 6.92. The number of halogens is 5. The summed E-state index contributed by atoms with van der Waals surface area (Å²) in [4.78, 5) is 2.05. The van der Waals surface area contributed by atoms with Crippen LogP contribution in [0.4, 0.5) is 22.0 Å². The van der Waals surface area contributed by atoms with Crippen molar-refractivity contribution in [1.29, 1.82) is 0 Å². The number of allylic oxidation sites excluding steroid dienone is 1. The van der Waals surface area contributed by atoms with Gasteiger partial charge in [-0.15, -0.1) is 0 Å². The highest BCUT2D eigenvalue weighted by atomic mass is 19.2. The first-order chi connectivity index (χ1) is 17.5. The molecule has 0 saturated carbocycles. The molecule has 1 aliphatic heterocycles. The van der Waals surface area contributed by atoms with Crippen LogP contribution in [0.25, 0.3) is 17.2 Å². The van der Waals surface area contributed by atoms with E-state index in [1.165, 1.54) is 12.1 Å². The summed E-state index contributed by atoms with van der Waals surface area (Å²) in [6.45, 7) is 1.48. The summed E-state index contributed by atoms with van der Waals surface area (Å²) in [5.74, 6) is -3.38. The Balaban J connectivity index is 1.61. The number of alkyl halides is 1. The van der Waals surface area contributed by atoms with E-state index in [-0.39, 0.29) is 23.4 Å². The zero-order chi connectivity index (χ0) is 25.2. The average Bonchev–Trinajstić information content (AvgIpc) is 3.03. The van der Waals surface area contributed by atoms with E-state index in [4.69, 9.17) is 0 Å². The molecule has 1 fully saturated rings. The van der Waals surface area contributed by atoms with Crippen LogP contribution in [-0.4, -0.2) is 31.2 Å². The fourth-order valence-electron chi connectivity index (χ4n) is 5.19. The summed E-state index contributed by atoms with van der Waals surface area (Å²) in [7, 11) is 0. The Morgan fingerprint density at radius 3 is 2.36 bits per heavy atom. The van der Waals surface area contributed by atoms with Gasteiger partial charge in [-0.05, 0) is 65.7 Å². The quantitative estimate of drug-likeness (QED) is 0.318. The Bertz CT molecular complexity index is 1350. The highest BCUT2D eigenvalue weighted by molar-refractivity contribution is 6.00. The molecule has 0 spiro atoms. The first-order valence-corrected chi connectivity index (χ1v) is 12.2. The van der Waals surface area contributed by atoms with Crippen molar-refractivity contribution in [2.75, 3.05) is 26.3 Å². The minimum Gasteiger partial charge on any atom is -0.295 e. The van der Waals surface area contributed by atoms with Gasteiger partial charge in [0.1, 0.15) is 11.6 Å². The Morgan fingerprint density at radius 1 is 0.806 bits per heavy atom. The van der Waals surface area contributed by atoms with E-state index < -0.39 is 23.3 Å². The number of hydrogen-bond acceptors (Lipinski definition) is 1. The average molecular weight is 496 g/mol. The molecule has 3 aromatic carbocycles. The van der Waals surface area contributed by atoms with Gasteiger partial charge in [0, 0.05) is 42.4 Å². The maximum atomic E-state index is 15.7. The summed E-state index contributed by atoms with van der Waals surface area (Å²) in [5.41, 5.74) is 4.01. The molecule has 1 saturated heterocycles. The highest BCUT2D eigenvalue weighted by Crippen LogP contribution is 2.42. The Labute approximate surface area is 207 Å². The Hall–Kier alpha value is -3.25. The molecule has 3 aromatic rings. The van der Waals surface area contributed by atoms with Crippen molar-refractivity contribution in [3.63, 3.8) is 0 Å². The predicted molar refractivity (Wildman–Crippen MR) is 133 cm³/mol. The van der Waals surface area contributed by atoms with Crippen molar-refractivity contribution in [2.45, 2.75) is 25.7 Å². The van der Waals surface area contributed by atoms with E-state index in [0.29, 0.717) is 56.5 Å². The smallest absolute Gasteiger partial charge is 0.167 e. The van der Waals surface area contributed by atoms with E-state index in [9.17, 15) is 13.2 Å². The maximum Gasteiger partial charge on any atom is 0.167 e. The van der Waals surface area contributed by atoms with Crippen LogP contribution >= 0.6 is 0 Å². The van der Waals surface area contributed by atoms with Gasteiger partial charge in [0.15, 0.2) is 11.6 Å². The van der Waals surface area contributed by atoms with Crippen molar-refractivity contribution in [1.82, 2.24) is 4.90 Å². The fourth-order valence-corrected chi connectivity index (χ4v) is 5.19. The molecule has 0 unspecified atom stereocenters. The molecular weight excluding hydrogens is 469 g/mol. The monoisotopic (exact) mass is 495 g/mol. The Morgan fingerprint density at radius 2 is 1.58 bits per heavy atom. The van der Waals surface area contributed by atoms with E-state index in [1.807, 2.05) is 29.2 Å². The van der Waals surface area contributed by atoms with E-state index in [1.54, 1.807) is 18.2 Å². The number of likely N-dealkylation sites (tertiary alicyclic amines) is 1. The lowest BCUT2D eigenvalue weighted by molar-refractivity contribution is 0.239. The summed E-state index contributed by atoms with van der Waals surface area (Å²) >= 11 is 0. The van der Waals surface area contributed by atoms with Crippen LogP contribution < -0.4 is 0 Å². The number of nitrogens with zero attached hydrogens (tertiary/aromatic N) is 1. The van der Waals surface area contributed by atoms with Crippen LogP contribution in [0.2, 0.25) is 0 Å². The third-order valence-electron chi connectivity index (χ3n) is 6.92. The molecular formula is C30H26F5N. The van der Waals surface area contributed by atoms with Gasteiger partial charge in [0.25, 0.3) is 0 Å². The number of hydrogen-bond donors (Lipinski definition) is 0. The van der Waals surface area contributed by atoms with Gasteiger partial charge < -0.3 is 0 Å². The molecule has 0 atom stereocenters. The molecule has 0 radical (unpaired) electrons. The Kier molecular flexibility index (Phi) is 7.06. The second-order valence-corrected chi connectivity index (χ2v) is 9.37. The molecule has 0 amide bonds. The number of aryl methyl sites for hydroxylation is 1. The molecule has 186 valence electrons. The molecule has 1 heterocycles. The van der Waals surface area contributed by atoms with Crippen LogP contribution in [0.15, 0.2) is 60.2 Å². The van der Waals surface area contributed by atoms with Gasteiger partial charge in [-0.3, -0.25) is 9.29 Å². The lowest BCUT2D eigenvalue weighted by Crippen LogP contribution is -2.40. The van der Waals surface area contributed by atoms with Gasteiger partial charge >= 0.3 is 0 Å². The van der Waals surface area contributed by atoms with Gasteiger partial charge in [0.2, 0.25) is 0 Å². The summed E-state index contributed by atoms with van der Waals surface area (Å²) in [6.07, 6.45) is 3.94. The lowest BCUT2D eigenvalue weighted by atomic mass is 9.86.